The first-order valence-corrected chi connectivity index (χ1v) is 6.08. The van der Waals surface area contributed by atoms with E-state index < -0.39 is 0 Å². The molecule has 1 aliphatic heterocycles. The van der Waals surface area contributed by atoms with Crippen LogP contribution in [0.25, 0.3) is 0 Å². The van der Waals surface area contributed by atoms with Gasteiger partial charge in [0, 0.05) is 44.4 Å². The molecule has 100 valence electrons. The van der Waals surface area contributed by atoms with Gasteiger partial charge in [-0.3, -0.25) is 4.90 Å². The zero-order chi connectivity index (χ0) is 13.0. The van der Waals surface area contributed by atoms with Crippen LogP contribution in [-0.4, -0.2) is 45.3 Å². The minimum Gasteiger partial charge on any atom is -0.493 e. The molecule has 0 atom stereocenters. The fourth-order valence-electron chi connectivity index (χ4n) is 2.23. The monoisotopic (exact) mass is 254 g/mol. The molecule has 0 saturated carbocycles. The molecule has 0 radical (unpaired) electrons. The Balaban J connectivity index is 2.21. The summed E-state index contributed by atoms with van der Waals surface area (Å²) in [7, 11) is 3.10. The quantitative estimate of drug-likeness (QED) is 0.876. The van der Waals surface area contributed by atoms with E-state index in [0.717, 1.165) is 31.7 Å². The van der Waals surface area contributed by atoms with Crippen LogP contribution in [0.5, 0.6) is 11.5 Å². The molecule has 1 aromatic carbocycles. The summed E-state index contributed by atoms with van der Waals surface area (Å²) in [5.41, 5.74) is 0.830. The van der Waals surface area contributed by atoms with Crippen LogP contribution in [0.2, 0.25) is 0 Å². The Labute approximate surface area is 107 Å². The lowest BCUT2D eigenvalue weighted by atomic mass is 10.1. The number of methoxy groups -OCH3 is 2. The summed E-state index contributed by atoms with van der Waals surface area (Å²) in [6.45, 7) is 4.53. The Morgan fingerprint density at radius 2 is 1.94 bits per heavy atom. The van der Waals surface area contributed by atoms with Crippen LogP contribution in [0, 0.1) is 5.82 Å². The van der Waals surface area contributed by atoms with E-state index in [0.29, 0.717) is 18.0 Å². The molecule has 0 spiro atoms. The Bertz CT molecular complexity index is 406. The van der Waals surface area contributed by atoms with Crippen molar-refractivity contribution in [2.45, 2.75) is 6.54 Å². The van der Waals surface area contributed by atoms with E-state index in [4.69, 9.17) is 9.47 Å². The second-order valence-corrected chi connectivity index (χ2v) is 4.33. The van der Waals surface area contributed by atoms with Gasteiger partial charge in [0.05, 0.1) is 14.2 Å². The van der Waals surface area contributed by atoms with Crippen LogP contribution < -0.4 is 14.8 Å². The first kappa shape index (κ1) is 13.1. The minimum atomic E-state index is -0.294. The van der Waals surface area contributed by atoms with Gasteiger partial charge >= 0.3 is 0 Å². The highest BCUT2D eigenvalue weighted by Crippen LogP contribution is 2.32. The number of nitrogens with zero attached hydrogens (tertiary/aromatic N) is 1. The predicted molar refractivity (Wildman–Crippen MR) is 67.7 cm³/mol. The molecule has 2 rings (SSSR count). The first-order valence-electron chi connectivity index (χ1n) is 6.08. The van der Waals surface area contributed by atoms with Crippen molar-refractivity contribution in [3.05, 3.63) is 23.5 Å². The van der Waals surface area contributed by atoms with Crippen molar-refractivity contribution in [2.24, 2.45) is 0 Å². The van der Waals surface area contributed by atoms with Crippen LogP contribution in [0.1, 0.15) is 5.56 Å². The molecule has 1 N–H and O–H groups in total. The molecule has 1 aliphatic rings. The number of hydrogen-bond donors (Lipinski definition) is 1. The average molecular weight is 254 g/mol. The molecule has 1 fully saturated rings. The third-order valence-corrected chi connectivity index (χ3v) is 3.12. The summed E-state index contributed by atoms with van der Waals surface area (Å²) < 4.78 is 24.0. The molecule has 5 heteroatoms. The summed E-state index contributed by atoms with van der Waals surface area (Å²) in [6.07, 6.45) is 0. The Morgan fingerprint density at radius 1 is 1.22 bits per heavy atom. The van der Waals surface area contributed by atoms with Crippen molar-refractivity contribution >= 4 is 0 Å². The van der Waals surface area contributed by atoms with Crippen molar-refractivity contribution in [2.75, 3.05) is 40.4 Å². The van der Waals surface area contributed by atoms with Crippen molar-refractivity contribution in [1.82, 2.24) is 10.2 Å². The van der Waals surface area contributed by atoms with Gasteiger partial charge in [-0.2, -0.15) is 0 Å². The summed E-state index contributed by atoms with van der Waals surface area (Å²) in [5, 5.41) is 3.29. The molecule has 1 heterocycles. The minimum absolute atomic E-state index is 0.294. The first-order chi connectivity index (χ1) is 8.74. The van der Waals surface area contributed by atoms with Crippen LogP contribution >= 0.6 is 0 Å². The number of halogens is 1. The summed E-state index contributed by atoms with van der Waals surface area (Å²) in [6, 6.07) is 2.86. The molecule has 0 bridgehead atoms. The molecule has 0 aliphatic carbocycles. The molecule has 4 nitrogen and oxygen atoms in total. The summed E-state index contributed by atoms with van der Waals surface area (Å²) in [4.78, 5) is 2.27. The van der Waals surface area contributed by atoms with Gasteiger partial charge in [0.2, 0.25) is 0 Å². The van der Waals surface area contributed by atoms with Crippen LogP contribution in [0.3, 0.4) is 0 Å². The molecule has 1 aromatic rings. The largest absolute Gasteiger partial charge is 0.493 e. The second kappa shape index (κ2) is 6.02. The smallest absolute Gasteiger partial charge is 0.165 e. The molecule has 0 unspecified atom stereocenters. The lowest BCUT2D eigenvalue weighted by Gasteiger charge is -2.28. The normalized spacial score (nSPS) is 16.6. The number of hydrogen-bond acceptors (Lipinski definition) is 4. The number of nitrogens with one attached hydrogen (secondary N) is 1. The third-order valence-electron chi connectivity index (χ3n) is 3.12. The maximum atomic E-state index is 13.5. The van der Waals surface area contributed by atoms with Gasteiger partial charge in [-0.25, -0.2) is 4.39 Å². The standard InChI is InChI=1S/C13H19FN2O2/c1-17-12-8-11(14)7-10(13(12)18-2)9-16-5-3-15-4-6-16/h7-8,15H,3-6,9H2,1-2H3. The summed E-state index contributed by atoms with van der Waals surface area (Å²) in [5.74, 6) is 0.776. The molecule has 18 heavy (non-hydrogen) atoms. The highest BCUT2D eigenvalue weighted by molar-refractivity contribution is 5.47. The zero-order valence-corrected chi connectivity index (χ0v) is 10.8. The molecule has 0 aromatic heterocycles. The van der Waals surface area contributed by atoms with Gasteiger partial charge < -0.3 is 14.8 Å². The maximum Gasteiger partial charge on any atom is 0.165 e. The Morgan fingerprint density at radius 3 is 2.56 bits per heavy atom. The lowest BCUT2D eigenvalue weighted by Crippen LogP contribution is -2.42. The van der Waals surface area contributed by atoms with E-state index in [2.05, 4.69) is 10.2 Å². The van der Waals surface area contributed by atoms with E-state index in [1.807, 2.05) is 0 Å². The van der Waals surface area contributed by atoms with Gasteiger partial charge in [0.15, 0.2) is 11.5 Å². The molecular formula is C13H19FN2O2. The van der Waals surface area contributed by atoms with Gasteiger partial charge in [-0.05, 0) is 6.07 Å². The lowest BCUT2D eigenvalue weighted by molar-refractivity contribution is 0.228. The predicted octanol–water partition coefficient (Wildman–Crippen LogP) is 1.25. The highest BCUT2D eigenvalue weighted by Gasteiger charge is 2.17. The Kier molecular flexibility index (Phi) is 4.38. The van der Waals surface area contributed by atoms with Crippen LogP contribution in [0.15, 0.2) is 12.1 Å². The van der Waals surface area contributed by atoms with Gasteiger partial charge in [-0.15, -0.1) is 0 Å². The second-order valence-electron chi connectivity index (χ2n) is 4.33. The van der Waals surface area contributed by atoms with Crippen LogP contribution in [0.4, 0.5) is 4.39 Å². The van der Waals surface area contributed by atoms with E-state index in [9.17, 15) is 4.39 Å². The van der Waals surface area contributed by atoms with Gasteiger partial charge in [-0.1, -0.05) is 0 Å². The van der Waals surface area contributed by atoms with Crippen molar-refractivity contribution in [3.63, 3.8) is 0 Å². The van der Waals surface area contributed by atoms with E-state index >= 15 is 0 Å². The topological polar surface area (TPSA) is 33.7 Å². The molecule has 0 amide bonds. The Hall–Kier alpha value is -1.33. The third kappa shape index (κ3) is 2.91. The SMILES string of the molecule is COc1cc(F)cc(CN2CCNCC2)c1OC. The van der Waals surface area contributed by atoms with E-state index in [1.54, 1.807) is 7.11 Å². The van der Waals surface area contributed by atoms with Crippen LogP contribution in [-0.2, 0) is 6.54 Å². The van der Waals surface area contributed by atoms with Gasteiger partial charge in [0.25, 0.3) is 0 Å². The summed E-state index contributed by atoms with van der Waals surface area (Å²) >= 11 is 0. The van der Waals surface area contributed by atoms with Crippen molar-refractivity contribution in [3.8, 4) is 11.5 Å². The number of rotatable bonds is 4. The highest BCUT2D eigenvalue weighted by atomic mass is 19.1. The number of ether oxygens (including phenoxy) is 2. The maximum absolute atomic E-state index is 13.5. The number of benzene rings is 1. The number of piperazine rings is 1. The van der Waals surface area contributed by atoms with E-state index in [1.165, 1.54) is 19.2 Å². The van der Waals surface area contributed by atoms with Crippen molar-refractivity contribution < 1.29 is 13.9 Å². The average Bonchev–Trinajstić information content (AvgIpc) is 2.39. The zero-order valence-electron chi connectivity index (χ0n) is 10.8. The van der Waals surface area contributed by atoms with E-state index in [-0.39, 0.29) is 5.82 Å². The molecular weight excluding hydrogens is 235 g/mol. The fraction of sp³-hybridized carbons (Fsp3) is 0.538. The fourth-order valence-corrected chi connectivity index (χ4v) is 2.23. The van der Waals surface area contributed by atoms with Gasteiger partial charge in [0.1, 0.15) is 5.82 Å². The molecule has 1 saturated heterocycles. The van der Waals surface area contributed by atoms with Crippen molar-refractivity contribution in [1.29, 1.82) is 0 Å².